The van der Waals surface area contributed by atoms with Crippen molar-refractivity contribution in [3.8, 4) is 11.5 Å². The summed E-state index contributed by atoms with van der Waals surface area (Å²) in [7, 11) is 0. The van der Waals surface area contributed by atoms with Gasteiger partial charge >= 0.3 is 0 Å². The Kier molecular flexibility index (Phi) is 5.82. The monoisotopic (exact) mass is 373 g/mol. The smallest absolute Gasteiger partial charge is 0.269 e. The third-order valence-electron chi connectivity index (χ3n) is 5.07. The molecule has 2 aromatic rings. The highest BCUT2D eigenvalue weighted by molar-refractivity contribution is 7.80. The van der Waals surface area contributed by atoms with Crippen LogP contribution in [0.1, 0.15) is 43.5 Å². The fourth-order valence-electron chi connectivity index (χ4n) is 3.24. The summed E-state index contributed by atoms with van der Waals surface area (Å²) >= 11 is 5.31. The average Bonchev–Trinajstić information content (AvgIpc) is 3.18. The molecule has 1 amide bonds. The second-order valence-electron chi connectivity index (χ2n) is 6.75. The fraction of sp³-hybridized carbons (Fsp3) is 0.444. The highest BCUT2D eigenvalue weighted by Crippen LogP contribution is 2.29. The number of thiocarbonyl (C=S) groups is 1. The lowest BCUT2D eigenvalue weighted by Gasteiger charge is -2.35. The van der Waals surface area contributed by atoms with E-state index in [1.165, 1.54) is 19.2 Å². The van der Waals surface area contributed by atoms with E-state index in [1.807, 2.05) is 0 Å². The molecule has 0 unspecified atom stereocenters. The molecule has 1 aromatic heterocycles. The van der Waals surface area contributed by atoms with Gasteiger partial charge in [-0.3, -0.25) is 15.6 Å². The lowest BCUT2D eigenvalue weighted by atomic mass is 9.78. The Labute approximate surface area is 157 Å². The summed E-state index contributed by atoms with van der Waals surface area (Å²) in [4.78, 5) is 12.2. The summed E-state index contributed by atoms with van der Waals surface area (Å²) in [6.07, 6.45) is 4.82. The Hall–Kier alpha value is -2.48. The normalized spacial score (nSPS) is 22.5. The van der Waals surface area contributed by atoms with E-state index in [1.54, 1.807) is 24.3 Å². The SMILES string of the molecule is C[C@@H]1[C@@H](C)CCC[C@H]1NC(=S)NNC(=O)c1ccc(-c2nnco2)cc1. The Balaban J connectivity index is 1.49. The van der Waals surface area contributed by atoms with Crippen LogP contribution in [-0.2, 0) is 0 Å². The molecule has 1 aromatic carbocycles. The largest absolute Gasteiger partial charge is 0.423 e. The van der Waals surface area contributed by atoms with Crippen LogP contribution in [-0.4, -0.2) is 27.3 Å². The Morgan fingerprint density at radius 2 is 1.96 bits per heavy atom. The molecule has 3 atom stereocenters. The van der Waals surface area contributed by atoms with Gasteiger partial charge in [-0.1, -0.05) is 26.7 Å². The number of nitrogens with one attached hydrogen (secondary N) is 3. The number of amides is 1. The van der Waals surface area contributed by atoms with Gasteiger partial charge in [0.05, 0.1) is 0 Å². The number of hydrogen-bond donors (Lipinski definition) is 3. The zero-order valence-corrected chi connectivity index (χ0v) is 15.7. The molecule has 0 aliphatic heterocycles. The van der Waals surface area contributed by atoms with Crippen molar-refractivity contribution in [2.45, 2.75) is 39.2 Å². The molecule has 0 radical (unpaired) electrons. The maximum Gasteiger partial charge on any atom is 0.269 e. The summed E-state index contributed by atoms with van der Waals surface area (Å²) in [6, 6.07) is 7.23. The third kappa shape index (κ3) is 4.37. The van der Waals surface area contributed by atoms with Crippen LogP contribution in [0, 0.1) is 11.8 Å². The Morgan fingerprint density at radius 3 is 2.65 bits per heavy atom. The van der Waals surface area contributed by atoms with E-state index in [0.717, 1.165) is 12.0 Å². The van der Waals surface area contributed by atoms with Crippen molar-refractivity contribution >= 4 is 23.2 Å². The molecule has 1 aliphatic rings. The highest BCUT2D eigenvalue weighted by atomic mass is 32.1. The molecule has 1 heterocycles. The molecule has 3 rings (SSSR count). The first kappa shape index (κ1) is 18.3. The van der Waals surface area contributed by atoms with Crippen molar-refractivity contribution in [3.05, 3.63) is 36.2 Å². The number of hydrogen-bond acceptors (Lipinski definition) is 5. The topological polar surface area (TPSA) is 92.1 Å². The molecule has 1 saturated carbocycles. The summed E-state index contributed by atoms with van der Waals surface area (Å²) in [5.41, 5.74) is 6.67. The van der Waals surface area contributed by atoms with Crippen LogP contribution in [0.15, 0.2) is 35.1 Å². The lowest BCUT2D eigenvalue weighted by molar-refractivity contribution is 0.0943. The summed E-state index contributed by atoms with van der Waals surface area (Å²) in [5.74, 6) is 1.38. The first-order chi connectivity index (χ1) is 12.5. The van der Waals surface area contributed by atoms with E-state index in [-0.39, 0.29) is 5.91 Å². The molecule has 26 heavy (non-hydrogen) atoms. The van der Waals surface area contributed by atoms with Crippen LogP contribution in [0.2, 0.25) is 0 Å². The molecule has 7 nitrogen and oxygen atoms in total. The molecular formula is C18H23N5O2S. The van der Waals surface area contributed by atoms with E-state index in [0.29, 0.717) is 34.4 Å². The standard InChI is InChI=1S/C18H23N5O2S/c1-11-4-3-5-15(12(11)2)20-18(26)23-21-16(24)13-6-8-14(9-7-13)17-22-19-10-25-17/h6-12,15H,3-5H2,1-2H3,(H,21,24)(H2,20,23,26)/t11-,12+,15+/m0/s1. The summed E-state index contributed by atoms with van der Waals surface area (Å²) < 4.78 is 5.13. The fourth-order valence-corrected chi connectivity index (χ4v) is 3.44. The van der Waals surface area contributed by atoms with E-state index < -0.39 is 0 Å². The number of nitrogens with zero attached hydrogens (tertiary/aromatic N) is 2. The van der Waals surface area contributed by atoms with Gasteiger partial charge in [-0.25, -0.2) is 0 Å². The van der Waals surface area contributed by atoms with Gasteiger partial charge in [0.25, 0.3) is 5.91 Å². The van der Waals surface area contributed by atoms with Gasteiger partial charge in [0.1, 0.15) is 0 Å². The van der Waals surface area contributed by atoms with Crippen LogP contribution >= 0.6 is 12.2 Å². The zero-order valence-electron chi connectivity index (χ0n) is 14.9. The number of aromatic nitrogens is 2. The second kappa shape index (κ2) is 8.27. The zero-order chi connectivity index (χ0) is 18.5. The molecule has 1 fully saturated rings. The van der Waals surface area contributed by atoms with Crippen LogP contribution in [0.4, 0.5) is 0 Å². The van der Waals surface area contributed by atoms with Gasteiger partial charge in [-0.05, 0) is 54.7 Å². The van der Waals surface area contributed by atoms with Gasteiger partial charge in [-0.2, -0.15) is 0 Å². The van der Waals surface area contributed by atoms with Crippen molar-refractivity contribution in [2.75, 3.05) is 0 Å². The van der Waals surface area contributed by atoms with Gasteiger partial charge in [-0.15, -0.1) is 10.2 Å². The van der Waals surface area contributed by atoms with Crippen LogP contribution in [0.5, 0.6) is 0 Å². The molecule has 138 valence electrons. The number of carbonyl (C=O) groups excluding carboxylic acids is 1. The van der Waals surface area contributed by atoms with Crippen molar-refractivity contribution in [1.82, 2.24) is 26.4 Å². The minimum Gasteiger partial charge on any atom is -0.423 e. The summed E-state index contributed by atoms with van der Waals surface area (Å²) in [6.45, 7) is 4.52. The first-order valence-corrected chi connectivity index (χ1v) is 9.19. The van der Waals surface area contributed by atoms with Crippen molar-refractivity contribution in [2.24, 2.45) is 11.8 Å². The lowest BCUT2D eigenvalue weighted by Crippen LogP contribution is -2.52. The van der Waals surface area contributed by atoms with Crippen LogP contribution < -0.4 is 16.2 Å². The molecule has 0 bridgehead atoms. The quantitative estimate of drug-likeness (QED) is 0.563. The van der Waals surface area contributed by atoms with E-state index in [2.05, 4.69) is 40.2 Å². The Morgan fingerprint density at radius 1 is 1.19 bits per heavy atom. The van der Waals surface area contributed by atoms with E-state index in [9.17, 15) is 4.79 Å². The number of rotatable bonds is 3. The number of benzene rings is 1. The van der Waals surface area contributed by atoms with Gasteiger partial charge in [0.15, 0.2) is 5.11 Å². The second-order valence-corrected chi connectivity index (χ2v) is 7.16. The van der Waals surface area contributed by atoms with Crippen molar-refractivity contribution < 1.29 is 9.21 Å². The molecular weight excluding hydrogens is 350 g/mol. The van der Waals surface area contributed by atoms with Gasteiger partial charge in [0.2, 0.25) is 12.3 Å². The van der Waals surface area contributed by atoms with Gasteiger partial charge < -0.3 is 9.73 Å². The molecule has 3 N–H and O–H groups in total. The average molecular weight is 373 g/mol. The molecule has 0 spiro atoms. The molecule has 1 aliphatic carbocycles. The first-order valence-electron chi connectivity index (χ1n) is 8.78. The van der Waals surface area contributed by atoms with Crippen LogP contribution in [0.3, 0.4) is 0 Å². The predicted octanol–water partition coefficient (Wildman–Crippen LogP) is 2.67. The number of carbonyl (C=O) groups is 1. The minimum atomic E-state index is -0.267. The maximum absolute atomic E-state index is 12.2. The third-order valence-corrected chi connectivity index (χ3v) is 5.29. The van der Waals surface area contributed by atoms with Crippen molar-refractivity contribution in [1.29, 1.82) is 0 Å². The number of hydrazine groups is 1. The predicted molar refractivity (Wildman–Crippen MR) is 102 cm³/mol. The summed E-state index contributed by atoms with van der Waals surface area (Å²) in [5, 5.41) is 11.2. The van der Waals surface area contributed by atoms with Crippen molar-refractivity contribution in [3.63, 3.8) is 0 Å². The highest BCUT2D eigenvalue weighted by Gasteiger charge is 2.27. The van der Waals surface area contributed by atoms with Crippen LogP contribution in [0.25, 0.3) is 11.5 Å². The maximum atomic E-state index is 12.2. The minimum absolute atomic E-state index is 0.267. The molecule has 8 heteroatoms. The van der Waals surface area contributed by atoms with Gasteiger partial charge in [0, 0.05) is 17.2 Å². The Bertz CT molecular complexity index is 747. The molecule has 0 saturated heterocycles. The van der Waals surface area contributed by atoms with E-state index >= 15 is 0 Å². The van der Waals surface area contributed by atoms with E-state index in [4.69, 9.17) is 16.6 Å².